The second-order valence-electron chi connectivity index (χ2n) is 3.54. The Kier molecular flexibility index (Phi) is 6.00. The van der Waals surface area contributed by atoms with E-state index in [0.29, 0.717) is 6.04 Å². The van der Waals surface area contributed by atoms with Crippen LogP contribution in [-0.2, 0) is 6.54 Å². The summed E-state index contributed by atoms with van der Waals surface area (Å²) in [5.74, 6) is 0. The molecule has 1 aromatic heterocycles. The summed E-state index contributed by atoms with van der Waals surface area (Å²) >= 11 is 4.16. The van der Waals surface area contributed by atoms with Crippen LogP contribution in [0.25, 0.3) is 0 Å². The molecule has 0 aliphatic rings. The van der Waals surface area contributed by atoms with E-state index in [-0.39, 0.29) is 0 Å². The van der Waals surface area contributed by atoms with Crippen molar-refractivity contribution in [1.82, 2.24) is 10.6 Å². The molecule has 0 aromatic carbocycles. The Balaban J connectivity index is 2.04. The molecule has 2 nitrogen and oxygen atoms in total. The van der Waals surface area contributed by atoms with Crippen LogP contribution in [-0.4, -0.2) is 19.1 Å². The van der Waals surface area contributed by atoms with Crippen molar-refractivity contribution in [3.05, 3.63) is 19.9 Å². The van der Waals surface area contributed by atoms with Gasteiger partial charge in [0.15, 0.2) is 0 Å². The van der Waals surface area contributed by atoms with Crippen LogP contribution in [0.4, 0.5) is 0 Å². The van der Waals surface area contributed by atoms with Crippen LogP contribution in [0.2, 0.25) is 0 Å². The summed E-state index contributed by atoms with van der Waals surface area (Å²) in [6.07, 6.45) is 0. The molecule has 1 rings (SSSR count). The normalized spacial score (nSPS) is 11.1. The fourth-order valence-electron chi connectivity index (χ4n) is 1.12. The molecule has 0 unspecified atom stereocenters. The van der Waals surface area contributed by atoms with Crippen molar-refractivity contribution in [1.29, 1.82) is 0 Å². The summed E-state index contributed by atoms with van der Waals surface area (Å²) < 4.78 is 1.36. The predicted molar refractivity (Wildman–Crippen MR) is 71.9 cm³/mol. The first-order chi connectivity index (χ1) is 6.68. The van der Waals surface area contributed by atoms with Gasteiger partial charge >= 0.3 is 0 Å². The lowest BCUT2D eigenvalue weighted by Gasteiger charge is -2.08. The zero-order valence-electron chi connectivity index (χ0n) is 8.64. The van der Waals surface area contributed by atoms with Gasteiger partial charge in [0.1, 0.15) is 0 Å². The van der Waals surface area contributed by atoms with Gasteiger partial charge in [-0.15, -0.1) is 11.3 Å². The predicted octanol–water partition coefficient (Wildman–Crippen LogP) is 2.44. The quantitative estimate of drug-likeness (QED) is 0.620. The molecule has 0 aliphatic carbocycles. The maximum Gasteiger partial charge on any atom is 0.0656 e. The van der Waals surface area contributed by atoms with E-state index in [1.165, 1.54) is 8.45 Å². The molecule has 80 valence electrons. The highest BCUT2D eigenvalue weighted by Gasteiger charge is 1.96. The van der Waals surface area contributed by atoms with E-state index in [4.69, 9.17) is 0 Å². The summed E-state index contributed by atoms with van der Waals surface area (Å²) in [4.78, 5) is 0. The molecule has 2 N–H and O–H groups in total. The van der Waals surface area contributed by atoms with Crippen LogP contribution < -0.4 is 10.6 Å². The minimum absolute atomic E-state index is 0.582. The molecule has 0 aliphatic heterocycles. The van der Waals surface area contributed by atoms with Crippen LogP contribution in [0.15, 0.2) is 11.4 Å². The molecule has 0 amide bonds. The van der Waals surface area contributed by atoms with Crippen LogP contribution in [0, 0.1) is 2.88 Å². The van der Waals surface area contributed by atoms with E-state index >= 15 is 0 Å². The van der Waals surface area contributed by atoms with Gasteiger partial charge in [0, 0.05) is 25.7 Å². The van der Waals surface area contributed by atoms with Crippen molar-refractivity contribution in [2.75, 3.05) is 13.1 Å². The van der Waals surface area contributed by atoms with Gasteiger partial charge in [-0.1, -0.05) is 13.8 Å². The summed E-state index contributed by atoms with van der Waals surface area (Å²) in [7, 11) is 0. The number of halogens is 1. The first-order valence-corrected chi connectivity index (χ1v) is 6.81. The Morgan fingerprint density at radius 2 is 2.21 bits per heavy atom. The molecule has 0 spiro atoms. The molecule has 14 heavy (non-hydrogen) atoms. The lowest BCUT2D eigenvalue weighted by molar-refractivity contribution is 0.556. The van der Waals surface area contributed by atoms with Crippen LogP contribution in [0.1, 0.15) is 19.4 Å². The summed E-state index contributed by atoms with van der Waals surface area (Å²) in [6, 6.07) is 2.81. The van der Waals surface area contributed by atoms with E-state index < -0.39 is 0 Å². The summed E-state index contributed by atoms with van der Waals surface area (Å²) in [5.41, 5.74) is 1.39. The molecular formula is C10H17IN2S. The Morgan fingerprint density at radius 1 is 1.43 bits per heavy atom. The molecule has 1 heterocycles. The van der Waals surface area contributed by atoms with Crippen LogP contribution in [0.3, 0.4) is 0 Å². The summed E-state index contributed by atoms with van der Waals surface area (Å²) in [5, 5.41) is 9.00. The Bertz CT molecular complexity index is 260. The van der Waals surface area contributed by atoms with Gasteiger partial charge in [-0.25, -0.2) is 0 Å². The molecule has 0 saturated heterocycles. The number of nitrogens with one attached hydrogen (secondary N) is 2. The number of hydrogen-bond acceptors (Lipinski definition) is 3. The Morgan fingerprint density at radius 3 is 2.79 bits per heavy atom. The van der Waals surface area contributed by atoms with Crippen molar-refractivity contribution in [3.8, 4) is 0 Å². The Labute approximate surface area is 104 Å². The highest BCUT2D eigenvalue weighted by Crippen LogP contribution is 2.15. The molecule has 0 fully saturated rings. The van der Waals surface area contributed by atoms with E-state index in [9.17, 15) is 0 Å². The Hall–Kier alpha value is 0.350. The molecule has 0 bridgehead atoms. The zero-order chi connectivity index (χ0) is 10.4. The first kappa shape index (κ1) is 12.4. The number of rotatable bonds is 6. The van der Waals surface area contributed by atoms with Gasteiger partial charge in [0.2, 0.25) is 0 Å². The standard InChI is InChI=1S/C10H17IN2S/c1-8(2)13-4-3-12-6-9-5-10(11)14-7-9/h5,7-8,12-13H,3-4,6H2,1-2H3. The van der Waals surface area contributed by atoms with Crippen molar-refractivity contribution in [2.45, 2.75) is 26.4 Å². The second kappa shape index (κ2) is 6.76. The topological polar surface area (TPSA) is 24.1 Å². The maximum atomic E-state index is 3.41. The maximum absolute atomic E-state index is 3.41. The van der Waals surface area contributed by atoms with Gasteiger partial charge in [0.25, 0.3) is 0 Å². The van der Waals surface area contributed by atoms with Crippen molar-refractivity contribution in [3.63, 3.8) is 0 Å². The number of hydrogen-bond donors (Lipinski definition) is 2. The zero-order valence-corrected chi connectivity index (χ0v) is 11.6. The summed E-state index contributed by atoms with van der Waals surface area (Å²) in [6.45, 7) is 7.39. The molecule has 0 saturated carbocycles. The molecular weight excluding hydrogens is 307 g/mol. The monoisotopic (exact) mass is 324 g/mol. The first-order valence-electron chi connectivity index (χ1n) is 4.85. The molecule has 1 aromatic rings. The van der Waals surface area contributed by atoms with Crippen LogP contribution in [0.5, 0.6) is 0 Å². The van der Waals surface area contributed by atoms with Crippen molar-refractivity contribution in [2.24, 2.45) is 0 Å². The third kappa shape index (κ3) is 5.29. The fraction of sp³-hybridized carbons (Fsp3) is 0.600. The SMILES string of the molecule is CC(C)NCCNCc1csc(I)c1. The largest absolute Gasteiger partial charge is 0.313 e. The number of thiophene rings is 1. The van der Waals surface area contributed by atoms with Crippen molar-refractivity contribution >= 4 is 33.9 Å². The third-order valence-electron chi connectivity index (χ3n) is 1.81. The lowest BCUT2D eigenvalue weighted by atomic mass is 10.3. The van der Waals surface area contributed by atoms with Gasteiger partial charge < -0.3 is 10.6 Å². The van der Waals surface area contributed by atoms with Gasteiger partial charge in [-0.2, -0.15) is 0 Å². The van der Waals surface area contributed by atoms with Crippen LogP contribution >= 0.6 is 33.9 Å². The fourth-order valence-corrected chi connectivity index (χ4v) is 2.54. The lowest BCUT2D eigenvalue weighted by Crippen LogP contribution is -2.31. The average Bonchev–Trinajstić information content (AvgIpc) is 2.50. The van der Waals surface area contributed by atoms with Gasteiger partial charge in [-0.3, -0.25) is 0 Å². The van der Waals surface area contributed by atoms with E-state index in [1.807, 2.05) is 0 Å². The molecule has 4 heteroatoms. The molecule has 0 atom stereocenters. The van der Waals surface area contributed by atoms with E-state index in [0.717, 1.165) is 19.6 Å². The average molecular weight is 324 g/mol. The minimum Gasteiger partial charge on any atom is -0.313 e. The van der Waals surface area contributed by atoms with Gasteiger partial charge in [0.05, 0.1) is 2.88 Å². The third-order valence-corrected chi connectivity index (χ3v) is 3.64. The second-order valence-corrected chi connectivity index (χ2v) is 6.35. The van der Waals surface area contributed by atoms with E-state index in [1.54, 1.807) is 11.3 Å². The van der Waals surface area contributed by atoms with E-state index in [2.05, 4.69) is 58.5 Å². The van der Waals surface area contributed by atoms with Gasteiger partial charge in [-0.05, 0) is 39.6 Å². The minimum atomic E-state index is 0.582. The highest BCUT2D eigenvalue weighted by molar-refractivity contribution is 14.1. The highest BCUT2D eigenvalue weighted by atomic mass is 127. The van der Waals surface area contributed by atoms with Crippen molar-refractivity contribution < 1.29 is 0 Å². The molecule has 0 radical (unpaired) electrons. The smallest absolute Gasteiger partial charge is 0.0656 e.